The van der Waals surface area contributed by atoms with E-state index in [1.807, 2.05) is 36.4 Å². The third-order valence-electron chi connectivity index (χ3n) is 5.59. The van der Waals surface area contributed by atoms with Crippen LogP contribution in [0.2, 0.25) is 0 Å². The van der Waals surface area contributed by atoms with Gasteiger partial charge >= 0.3 is 0 Å². The van der Waals surface area contributed by atoms with Crippen molar-refractivity contribution in [2.75, 3.05) is 45.2 Å². The predicted octanol–water partition coefficient (Wildman–Crippen LogP) is 3.22. The van der Waals surface area contributed by atoms with Crippen LogP contribution >= 0.6 is 0 Å². The van der Waals surface area contributed by atoms with E-state index in [1.165, 1.54) is 0 Å². The Morgan fingerprint density at radius 3 is 2.37 bits per heavy atom. The van der Waals surface area contributed by atoms with Crippen molar-refractivity contribution in [3.8, 4) is 5.75 Å². The molecule has 2 aromatic rings. The number of anilines is 1. The number of aryl methyl sites for hydroxylation is 1. The first-order valence-electron chi connectivity index (χ1n) is 10.5. The molecule has 30 heavy (non-hydrogen) atoms. The highest BCUT2D eigenvalue weighted by Gasteiger charge is 2.20. The van der Waals surface area contributed by atoms with Gasteiger partial charge in [0.1, 0.15) is 5.75 Å². The monoisotopic (exact) mass is 409 g/mol. The maximum absolute atomic E-state index is 12.5. The van der Waals surface area contributed by atoms with E-state index in [-0.39, 0.29) is 11.7 Å². The number of amides is 1. The van der Waals surface area contributed by atoms with Crippen LogP contribution in [0, 0.1) is 0 Å². The molecule has 160 valence electrons. The predicted molar refractivity (Wildman–Crippen MR) is 119 cm³/mol. The van der Waals surface area contributed by atoms with E-state index in [4.69, 9.17) is 4.74 Å². The number of carbonyl (C=O) groups is 2. The van der Waals surface area contributed by atoms with Gasteiger partial charge in [-0.15, -0.1) is 0 Å². The number of piperazine rings is 1. The number of rotatable bonds is 8. The molecule has 0 spiro atoms. The van der Waals surface area contributed by atoms with E-state index in [0.29, 0.717) is 12.1 Å². The number of ether oxygens (including phenoxy) is 1. The number of hydrogen-bond acceptors (Lipinski definition) is 5. The standard InChI is InChI=1S/C24H31N3O3/c1-4-19-7-5-6-8-22(19)25-24(29)17-27-13-11-26(12-14-27)16-21-15-20(18(2)28)9-10-23(21)30-3/h5-10,15H,4,11-14,16-17H2,1-3H3,(H,25,29). The number of benzene rings is 2. The smallest absolute Gasteiger partial charge is 0.238 e. The van der Waals surface area contributed by atoms with Gasteiger partial charge in [0.2, 0.25) is 5.91 Å². The molecule has 0 saturated carbocycles. The Kier molecular flexibility index (Phi) is 7.60. The Morgan fingerprint density at radius 2 is 1.70 bits per heavy atom. The van der Waals surface area contributed by atoms with E-state index >= 15 is 0 Å². The van der Waals surface area contributed by atoms with Crippen molar-refractivity contribution in [2.24, 2.45) is 0 Å². The van der Waals surface area contributed by atoms with Crippen molar-refractivity contribution in [1.82, 2.24) is 9.80 Å². The molecule has 2 aromatic carbocycles. The van der Waals surface area contributed by atoms with Crippen molar-refractivity contribution in [3.05, 3.63) is 59.2 Å². The summed E-state index contributed by atoms with van der Waals surface area (Å²) < 4.78 is 5.47. The number of nitrogens with one attached hydrogen (secondary N) is 1. The summed E-state index contributed by atoms with van der Waals surface area (Å²) in [7, 11) is 1.65. The minimum Gasteiger partial charge on any atom is -0.496 e. The van der Waals surface area contributed by atoms with Crippen molar-refractivity contribution in [1.29, 1.82) is 0 Å². The molecule has 1 saturated heterocycles. The first kappa shape index (κ1) is 22.0. The van der Waals surface area contributed by atoms with Crippen LogP contribution in [0.3, 0.4) is 0 Å². The Morgan fingerprint density at radius 1 is 1.00 bits per heavy atom. The molecule has 1 N–H and O–H groups in total. The first-order valence-corrected chi connectivity index (χ1v) is 10.5. The molecule has 0 radical (unpaired) electrons. The van der Waals surface area contributed by atoms with Crippen molar-refractivity contribution in [2.45, 2.75) is 26.8 Å². The van der Waals surface area contributed by atoms with Crippen molar-refractivity contribution >= 4 is 17.4 Å². The highest BCUT2D eigenvalue weighted by Crippen LogP contribution is 2.23. The lowest BCUT2D eigenvalue weighted by atomic mass is 10.1. The number of nitrogens with zero attached hydrogens (tertiary/aromatic N) is 2. The summed E-state index contributed by atoms with van der Waals surface area (Å²) in [6.07, 6.45) is 0.892. The Bertz CT molecular complexity index is 889. The summed E-state index contributed by atoms with van der Waals surface area (Å²) in [6, 6.07) is 13.5. The van der Waals surface area contributed by atoms with Crippen LogP contribution in [0.15, 0.2) is 42.5 Å². The molecule has 1 amide bonds. The molecule has 0 unspecified atom stereocenters. The topological polar surface area (TPSA) is 61.9 Å². The number of carbonyl (C=O) groups excluding carboxylic acids is 2. The van der Waals surface area contributed by atoms with E-state index < -0.39 is 0 Å². The Hall–Kier alpha value is -2.70. The van der Waals surface area contributed by atoms with Gasteiger partial charge in [-0.05, 0) is 43.2 Å². The van der Waals surface area contributed by atoms with E-state index in [0.717, 1.165) is 61.7 Å². The normalized spacial score (nSPS) is 15.0. The van der Waals surface area contributed by atoms with Gasteiger partial charge in [-0.2, -0.15) is 0 Å². The molecular formula is C24H31N3O3. The summed E-state index contributed by atoms with van der Waals surface area (Å²) in [6.45, 7) is 8.19. The molecule has 0 aliphatic carbocycles. The molecule has 1 aliphatic rings. The minimum absolute atomic E-state index is 0.0279. The molecule has 0 atom stereocenters. The molecule has 6 nitrogen and oxygen atoms in total. The molecule has 1 heterocycles. The van der Waals surface area contributed by atoms with Crippen LogP contribution in [0.1, 0.15) is 35.3 Å². The molecule has 3 rings (SSSR count). The molecule has 6 heteroatoms. The summed E-state index contributed by atoms with van der Waals surface area (Å²) in [4.78, 5) is 28.7. The first-order chi connectivity index (χ1) is 14.5. The fourth-order valence-corrected chi connectivity index (χ4v) is 3.81. The quantitative estimate of drug-likeness (QED) is 0.679. The van der Waals surface area contributed by atoms with Crippen LogP contribution in [0.5, 0.6) is 5.75 Å². The fraction of sp³-hybridized carbons (Fsp3) is 0.417. The molecule has 0 bridgehead atoms. The van der Waals surface area contributed by atoms with Gasteiger partial charge < -0.3 is 10.1 Å². The summed E-state index contributed by atoms with van der Waals surface area (Å²) in [5.74, 6) is 0.885. The lowest BCUT2D eigenvalue weighted by molar-refractivity contribution is -0.117. The summed E-state index contributed by atoms with van der Waals surface area (Å²) in [5, 5.41) is 3.05. The second kappa shape index (κ2) is 10.4. The van der Waals surface area contributed by atoms with Gasteiger partial charge in [0.15, 0.2) is 5.78 Å². The van der Waals surface area contributed by atoms with Crippen LogP contribution in [-0.4, -0.2) is 61.3 Å². The minimum atomic E-state index is 0.0279. The van der Waals surface area contributed by atoms with Gasteiger partial charge in [-0.25, -0.2) is 0 Å². The van der Waals surface area contributed by atoms with Crippen LogP contribution in [0.4, 0.5) is 5.69 Å². The van der Waals surface area contributed by atoms with Gasteiger partial charge in [0.25, 0.3) is 0 Å². The second-order valence-electron chi connectivity index (χ2n) is 7.69. The molecule has 1 fully saturated rings. The Labute approximate surface area is 178 Å². The number of para-hydroxylation sites is 1. The zero-order valence-electron chi connectivity index (χ0n) is 18.1. The highest BCUT2D eigenvalue weighted by molar-refractivity contribution is 5.94. The van der Waals surface area contributed by atoms with Crippen LogP contribution < -0.4 is 10.1 Å². The number of Topliss-reactive ketones (excluding diaryl/α,β-unsaturated/α-hetero) is 1. The van der Waals surface area contributed by atoms with Gasteiger partial charge in [-0.3, -0.25) is 19.4 Å². The summed E-state index contributed by atoms with van der Waals surface area (Å²) >= 11 is 0. The molecule has 0 aromatic heterocycles. The van der Waals surface area contributed by atoms with Gasteiger partial charge in [-0.1, -0.05) is 25.1 Å². The lowest BCUT2D eigenvalue weighted by Gasteiger charge is -2.34. The van der Waals surface area contributed by atoms with Gasteiger partial charge in [0, 0.05) is 49.5 Å². The average Bonchev–Trinajstić information content (AvgIpc) is 2.75. The van der Waals surface area contributed by atoms with E-state index in [2.05, 4.69) is 22.0 Å². The zero-order valence-corrected chi connectivity index (χ0v) is 18.1. The third-order valence-corrected chi connectivity index (χ3v) is 5.59. The third kappa shape index (κ3) is 5.68. The SMILES string of the molecule is CCc1ccccc1NC(=O)CN1CCN(Cc2cc(C(C)=O)ccc2OC)CC1. The maximum Gasteiger partial charge on any atom is 0.238 e. The Balaban J connectivity index is 1.52. The highest BCUT2D eigenvalue weighted by atomic mass is 16.5. The number of hydrogen-bond donors (Lipinski definition) is 1. The molecular weight excluding hydrogens is 378 g/mol. The zero-order chi connectivity index (χ0) is 21.5. The second-order valence-corrected chi connectivity index (χ2v) is 7.69. The average molecular weight is 410 g/mol. The number of methoxy groups -OCH3 is 1. The fourth-order valence-electron chi connectivity index (χ4n) is 3.81. The van der Waals surface area contributed by atoms with Gasteiger partial charge in [0.05, 0.1) is 13.7 Å². The molecule has 1 aliphatic heterocycles. The van der Waals surface area contributed by atoms with E-state index in [9.17, 15) is 9.59 Å². The largest absolute Gasteiger partial charge is 0.496 e. The summed E-state index contributed by atoms with van der Waals surface area (Å²) in [5.41, 5.74) is 3.78. The maximum atomic E-state index is 12.5. The van der Waals surface area contributed by atoms with Crippen LogP contribution in [0.25, 0.3) is 0 Å². The lowest BCUT2D eigenvalue weighted by Crippen LogP contribution is -2.48. The van der Waals surface area contributed by atoms with Crippen LogP contribution in [-0.2, 0) is 17.8 Å². The van der Waals surface area contributed by atoms with Crippen molar-refractivity contribution < 1.29 is 14.3 Å². The van der Waals surface area contributed by atoms with Crippen molar-refractivity contribution in [3.63, 3.8) is 0 Å². The number of ketones is 1. The van der Waals surface area contributed by atoms with E-state index in [1.54, 1.807) is 20.1 Å².